The van der Waals surface area contributed by atoms with Crippen molar-refractivity contribution in [3.8, 4) is 0 Å². The van der Waals surface area contributed by atoms with Crippen LogP contribution in [0.5, 0.6) is 0 Å². The minimum atomic E-state index is 0.759. The molecule has 2 fully saturated rings. The normalized spacial score (nSPS) is 18.0. The second kappa shape index (κ2) is 8.21. The first kappa shape index (κ1) is 18.1. The fourth-order valence-corrected chi connectivity index (χ4v) is 5.74. The van der Waals surface area contributed by atoms with Gasteiger partial charge in [0.15, 0.2) is 4.34 Å². The Balaban J connectivity index is 1.47. The number of para-hydroxylation sites is 1. The van der Waals surface area contributed by atoms with E-state index < -0.39 is 0 Å². The van der Waals surface area contributed by atoms with E-state index in [4.69, 9.17) is 19.9 Å². The Labute approximate surface area is 173 Å². The molecule has 4 heterocycles. The number of nitrogens with zero attached hydrogens (tertiary/aromatic N) is 6. The maximum atomic E-state index is 4.86. The third kappa shape index (κ3) is 3.93. The van der Waals surface area contributed by atoms with Gasteiger partial charge in [-0.3, -0.25) is 0 Å². The highest BCUT2D eigenvalue weighted by Crippen LogP contribution is 2.34. The molecule has 1 aromatic carbocycles. The van der Waals surface area contributed by atoms with Gasteiger partial charge in [0.2, 0.25) is 17.1 Å². The summed E-state index contributed by atoms with van der Waals surface area (Å²) in [6, 6.07) is 8.26. The molecule has 28 heavy (non-hydrogen) atoms. The maximum absolute atomic E-state index is 4.86. The Morgan fingerprint density at radius 3 is 1.93 bits per heavy atom. The smallest absolute Gasteiger partial charge is 0.231 e. The summed E-state index contributed by atoms with van der Waals surface area (Å²) in [7, 11) is 0. The Hall–Kier alpha value is -1.93. The van der Waals surface area contributed by atoms with E-state index in [9.17, 15) is 0 Å². The van der Waals surface area contributed by atoms with Gasteiger partial charge in [0.1, 0.15) is 0 Å². The summed E-state index contributed by atoms with van der Waals surface area (Å²) >= 11 is 3.26. The summed E-state index contributed by atoms with van der Waals surface area (Å²) in [5, 5.41) is 0.759. The second-order valence-electron chi connectivity index (χ2n) is 7.36. The van der Waals surface area contributed by atoms with Crippen LogP contribution in [0.15, 0.2) is 33.8 Å². The summed E-state index contributed by atoms with van der Waals surface area (Å²) in [6.45, 7) is 4.15. The number of thiazole rings is 1. The molecule has 0 spiro atoms. The zero-order chi connectivity index (χ0) is 18.8. The maximum Gasteiger partial charge on any atom is 0.231 e. The van der Waals surface area contributed by atoms with Crippen molar-refractivity contribution in [2.45, 2.75) is 48.0 Å². The summed E-state index contributed by atoms with van der Waals surface area (Å²) in [5.74, 6) is 1.66. The first-order chi connectivity index (χ1) is 13.8. The van der Waals surface area contributed by atoms with Crippen molar-refractivity contribution < 1.29 is 0 Å². The number of anilines is 2. The van der Waals surface area contributed by atoms with Gasteiger partial charge in [-0.05, 0) is 62.4 Å². The van der Waals surface area contributed by atoms with Crippen LogP contribution in [0.25, 0.3) is 10.2 Å². The van der Waals surface area contributed by atoms with Crippen LogP contribution >= 0.6 is 23.1 Å². The first-order valence-electron chi connectivity index (χ1n) is 10.1. The minimum absolute atomic E-state index is 0.759. The molecule has 5 rings (SSSR count). The molecule has 8 heteroatoms. The highest BCUT2D eigenvalue weighted by Gasteiger charge is 2.21. The largest absolute Gasteiger partial charge is 0.341 e. The van der Waals surface area contributed by atoms with Crippen LogP contribution in [0.4, 0.5) is 11.9 Å². The molecule has 0 aliphatic carbocycles. The molecule has 2 saturated heterocycles. The lowest BCUT2D eigenvalue weighted by Crippen LogP contribution is -2.34. The molecule has 0 unspecified atom stereocenters. The van der Waals surface area contributed by atoms with Crippen LogP contribution in [0, 0.1) is 0 Å². The zero-order valence-corrected chi connectivity index (χ0v) is 17.5. The van der Waals surface area contributed by atoms with E-state index in [-0.39, 0.29) is 0 Å². The van der Waals surface area contributed by atoms with Gasteiger partial charge in [-0.2, -0.15) is 15.0 Å². The van der Waals surface area contributed by atoms with Crippen LogP contribution in [0.2, 0.25) is 0 Å². The minimum Gasteiger partial charge on any atom is -0.341 e. The molecule has 0 bridgehead atoms. The molecule has 0 saturated carbocycles. The average molecular weight is 413 g/mol. The molecule has 0 amide bonds. The van der Waals surface area contributed by atoms with Gasteiger partial charge in [-0.1, -0.05) is 12.1 Å². The number of fused-ring (bicyclic) bond motifs is 1. The van der Waals surface area contributed by atoms with Gasteiger partial charge in [0.25, 0.3) is 0 Å². The third-order valence-corrected chi connectivity index (χ3v) is 7.28. The summed E-state index contributed by atoms with van der Waals surface area (Å²) < 4.78 is 2.19. The van der Waals surface area contributed by atoms with E-state index in [1.165, 1.54) is 43.2 Å². The average Bonchev–Trinajstić information content (AvgIpc) is 3.17. The highest BCUT2D eigenvalue weighted by atomic mass is 32.2. The lowest BCUT2D eigenvalue weighted by molar-refractivity contribution is 0.551. The van der Waals surface area contributed by atoms with Crippen LogP contribution in [0.3, 0.4) is 0 Å². The van der Waals surface area contributed by atoms with Gasteiger partial charge >= 0.3 is 0 Å². The summed E-state index contributed by atoms with van der Waals surface area (Å²) in [5.41, 5.74) is 1.04. The van der Waals surface area contributed by atoms with Crippen molar-refractivity contribution in [2.75, 3.05) is 36.0 Å². The van der Waals surface area contributed by atoms with E-state index in [1.807, 2.05) is 6.07 Å². The Morgan fingerprint density at radius 2 is 1.32 bits per heavy atom. The Bertz CT molecular complexity index is 878. The molecule has 2 aliphatic rings. The number of rotatable bonds is 4. The lowest BCUT2D eigenvalue weighted by atomic mass is 10.1. The van der Waals surface area contributed by atoms with Crippen LogP contribution in [-0.4, -0.2) is 46.1 Å². The zero-order valence-electron chi connectivity index (χ0n) is 15.9. The van der Waals surface area contributed by atoms with Gasteiger partial charge in [0, 0.05) is 26.2 Å². The summed E-state index contributed by atoms with van der Waals surface area (Å²) in [4.78, 5) is 23.9. The number of piperidine rings is 2. The van der Waals surface area contributed by atoms with Crippen molar-refractivity contribution >= 4 is 45.2 Å². The van der Waals surface area contributed by atoms with Crippen LogP contribution in [-0.2, 0) is 0 Å². The monoisotopic (exact) mass is 412 g/mol. The molecule has 0 atom stereocenters. The highest BCUT2D eigenvalue weighted by molar-refractivity contribution is 8.01. The van der Waals surface area contributed by atoms with Crippen molar-refractivity contribution in [1.82, 2.24) is 19.9 Å². The van der Waals surface area contributed by atoms with Crippen molar-refractivity contribution in [3.05, 3.63) is 24.3 Å². The van der Waals surface area contributed by atoms with Crippen LogP contribution < -0.4 is 9.80 Å². The van der Waals surface area contributed by atoms with E-state index in [0.717, 1.165) is 53.1 Å². The van der Waals surface area contributed by atoms with Gasteiger partial charge < -0.3 is 9.80 Å². The summed E-state index contributed by atoms with van der Waals surface area (Å²) in [6.07, 6.45) is 7.45. The molecule has 2 aliphatic heterocycles. The van der Waals surface area contributed by atoms with Crippen molar-refractivity contribution in [1.29, 1.82) is 0 Å². The fourth-order valence-electron chi connectivity index (χ4n) is 3.82. The predicted octanol–water partition coefficient (Wildman–Crippen LogP) is 4.61. The third-order valence-electron chi connectivity index (χ3n) is 5.32. The number of hydrogen-bond acceptors (Lipinski definition) is 8. The standard InChI is InChI=1S/C20H24N6S2/c1-5-11-25(12-6-1)17-22-18(26-13-7-2-8-14-26)24-19(23-17)28-20-21-15-9-3-4-10-16(15)27-20/h3-4,9-10H,1-2,5-8,11-14H2. The van der Waals surface area contributed by atoms with Crippen LogP contribution in [0.1, 0.15) is 38.5 Å². The lowest BCUT2D eigenvalue weighted by Gasteiger charge is -2.30. The van der Waals surface area contributed by atoms with Gasteiger partial charge in [0.05, 0.1) is 10.2 Å². The quantitative estimate of drug-likeness (QED) is 0.620. The van der Waals surface area contributed by atoms with Gasteiger partial charge in [-0.25, -0.2) is 4.98 Å². The van der Waals surface area contributed by atoms with E-state index in [2.05, 4.69) is 28.0 Å². The molecule has 2 aromatic heterocycles. The molecule has 146 valence electrons. The predicted molar refractivity (Wildman–Crippen MR) is 116 cm³/mol. The molecule has 6 nitrogen and oxygen atoms in total. The topological polar surface area (TPSA) is 58.0 Å². The second-order valence-corrected chi connectivity index (χ2v) is 9.61. The number of hydrogen-bond donors (Lipinski definition) is 0. The molecular weight excluding hydrogens is 388 g/mol. The van der Waals surface area contributed by atoms with E-state index >= 15 is 0 Å². The first-order valence-corrected chi connectivity index (χ1v) is 11.8. The molecular formula is C20H24N6S2. The van der Waals surface area contributed by atoms with Gasteiger partial charge in [-0.15, -0.1) is 11.3 Å². The van der Waals surface area contributed by atoms with Crippen molar-refractivity contribution in [3.63, 3.8) is 0 Å². The molecule has 0 radical (unpaired) electrons. The number of aromatic nitrogens is 4. The molecule has 0 N–H and O–H groups in total. The fraction of sp³-hybridized carbons (Fsp3) is 0.500. The van der Waals surface area contributed by atoms with E-state index in [1.54, 1.807) is 23.1 Å². The molecule has 3 aromatic rings. The Kier molecular flexibility index (Phi) is 5.31. The van der Waals surface area contributed by atoms with Crippen molar-refractivity contribution in [2.24, 2.45) is 0 Å². The Morgan fingerprint density at radius 1 is 0.714 bits per heavy atom. The van der Waals surface area contributed by atoms with E-state index in [0.29, 0.717) is 0 Å². The number of benzene rings is 1. The SMILES string of the molecule is c1ccc2sc(Sc3nc(N4CCCCC4)nc(N4CCCCC4)n3)nc2c1.